The van der Waals surface area contributed by atoms with Crippen molar-refractivity contribution in [3.63, 3.8) is 0 Å². The molecule has 2 aliphatic heterocycles. The van der Waals surface area contributed by atoms with Crippen molar-refractivity contribution >= 4 is 106 Å². The van der Waals surface area contributed by atoms with Crippen LogP contribution in [0, 0.1) is 34.6 Å². The third-order valence-electron chi connectivity index (χ3n) is 21.4. The Morgan fingerprint density at radius 2 is 0.960 bits per heavy atom. The number of aryl methyl sites for hydroxylation is 4. The number of fused-ring (bicyclic) bond motifs is 2. The fourth-order valence-corrected chi connectivity index (χ4v) is 31.1. The van der Waals surface area contributed by atoms with E-state index in [1.807, 2.05) is 30.3 Å². The Labute approximate surface area is 640 Å². The number of carboxylic acid groups (broad SMARTS) is 2. The molecule has 2 atom stereocenters. The van der Waals surface area contributed by atoms with Crippen LogP contribution in [0.15, 0.2) is 140 Å². The molecule has 99 heavy (non-hydrogen) atoms. The molecule has 2 saturated heterocycles. The topological polar surface area (TPSA) is 107 Å². The van der Waals surface area contributed by atoms with Crippen molar-refractivity contribution in [2.24, 2.45) is 0 Å². The average molecular weight is 1670 g/mol. The molecule has 4 aliphatic rings. The number of anilines is 2. The number of carbonyl (C=O) groups is 2. The quantitative estimate of drug-likeness (QED) is 0.0480. The van der Waals surface area contributed by atoms with Crippen LogP contribution in [0.25, 0.3) is 55.4 Å². The first-order chi connectivity index (χ1) is 47.0. The summed E-state index contributed by atoms with van der Waals surface area (Å²) in [5, 5.41) is 19.7. The van der Waals surface area contributed by atoms with Gasteiger partial charge in [0.25, 0.3) is 11.9 Å². The Balaban J connectivity index is 0.000000236. The summed E-state index contributed by atoms with van der Waals surface area (Å²) in [5.41, 5.74) is 22.5. The number of hydrogen-bond acceptors (Lipinski definition) is 6. The van der Waals surface area contributed by atoms with Gasteiger partial charge in [0, 0.05) is 106 Å². The zero-order chi connectivity index (χ0) is 71.7. The van der Waals surface area contributed by atoms with Gasteiger partial charge in [0.05, 0.1) is 38.6 Å². The van der Waals surface area contributed by atoms with Crippen molar-refractivity contribution < 1.29 is 55.0 Å². The summed E-state index contributed by atoms with van der Waals surface area (Å²) < 4.78 is 0. The Bertz CT molecular complexity index is 3720. The molecule has 0 radical (unpaired) electrons. The van der Waals surface area contributed by atoms with Crippen molar-refractivity contribution in [2.75, 3.05) is 38.0 Å². The maximum absolute atomic E-state index is 9.00. The number of nitrogens with zero attached hydrogens (tertiary/aromatic N) is 4. The van der Waals surface area contributed by atoms with E-state index in [2.05, 4.69) is 229 Å². The standard InChI is InChI=1S/C28H41N2P.C25H31NSi.C17H14ClN.C10H21Si.2C2H4O2.HI.Pd.Zn/c1-29(2)25-19-13-20-26(30(3)4)28(25)24-18-11-12-21-27(24)31(22-14-7-5-8-15-22)23-16-9-6-10-17-23;1-5-27(6-2)14-8-11-25(27)22-9-7-10-24-21(22)12-13-23(26-24)20-16-18(3)15-19(4)17-20;1-11-8-12(2)10-13(9-11)16-7-6-14-15(18)4-3-5-17(14)19-16;1-4-10-8-7-9-11(10,5-2)6-3;2*1-2(3)4;;;/h11-13,18-23H,5-10,14-17H2,1-4H3;7,9-10,12-13,15-17,25H,5-6,8,11,14H2,1-4H3;3-10H,1-2H3;10H,1,4-9H2,2-3H3;2*1H3,(H,3,4);1H;;/q;;;-1;;;;;+2/p-1. The first-order valence-corrected chi connectivity index (χ1v) is 52.8. The second kappa shape index (κ2) is 42.6. The summed E-state index contributed by atoms with van der Waals surface area (Å²) in [4.78, 5) is 32.4. The van der Waals surface area contributed by atoms with E-state index in [1.54, 1.807) is 16.9 Å². The van der Waals surface area contributed by atoms with E-state index in [4.69, 9.17) is 41.4 Å². The van der Waals surface area contributed by atoms with Gasteiger partial charge < -0.3 is 26.9 Å². The molecular weight excluding hydrogens is 1550 g/mol. The number of benzene rings is 6. The normalized spacial score (nSPS) is 16.8. The molecule has 4 heterocycles. The maximum atomic E-state index is 9.00. The van der Waals surface area contributed by atoms with Gasteiger partial charge in [0.1, 0.15) is 0 Å². The molecule has 0 spiro atoms. The summed E-state index contributed by atoms with van der Waals surface area (Å²) >= 11 is 9.79. The summed E-state index contributed by atoms with van der Waals surface area (Å²) in [6.07, 6.45) is 21.5. The van der Waals surface area contributed by atoms with Crippen LogP contribution in [0.2, 0.25) is 46.8 Å². The van der Waals surface area contributed by atoms with Crippen LogP contribution in [0.1, 0.15) is 171 Å². The predicted molar refractivity (Wildman–Crippen MR) is 438 cm³/mol. The van der Waals surface area contributed by atoms with E-state index in [0.717, 1.165) is 74.6 Å². The van der Waals surface area contributed by atoms with E-state index in [9.17, 15) is 0 Å². The van der Waals surface area contributed by atoms with Crippen LogP contribution in [0.4, 0.5) is 11.4 Å². The molecule has 2 aromatic heterocycles. The fraction of sp³-hybridized carbons (Fsp3) is 0.464. The van der Waals surface area contributed by atoms with Gasteiger partial charge in [-0.25, -0.2) is 9.97 Å². The minimum atomic E-state index is -1.19. The van der Waals surface area contributed by atoms with Gasteiger partial charge in [-0.1, -0.05) is 236 Å². The van der Waals surface area contributed by atoms with E-state index in [0.29, 0.717) is 0 Å². The van der Waals surface area contributed by atoms with Gasteiger partial charge in [-0.15, -0.1) is 0 Å². The van der Waals surface area contributed by atoms with Crippen molar-refractivity contribution in [1.82, 2.24) is 9.97 Å². The van der Waals surface area contributed by atoms with Crippen LogP contribution in [0.5, 0.6) is 0 Å². The second-order valence-corrected chi connectivity index (χ2v) is 42.3. The molecule has 534 valence electrons. The van der Waals surface area contributed by atoms with E-state index in [-0.39, 0.29) is 28.3 Å². The zero-order valence-corrected chi connectivity index (χ0v) is 72.7. The SMILES string of the molecule is CC(=O)O.CC(=O)O.CC[Si]1(CC)CCCC1c1cccc2nc(-c3cc(C)cc(C)c3)ccc12.CN(C)c1cccc(N(C)C)c1-c1ccccc1P(C1CCCCC1)C1CCCCC1.Cc1cc(C)cc(-c2ccc3c(Cl)cccc3n2)c1.[CH2-]CC1CCC[Si]1(CC)CC.[Pd].[Zn+][I]. The van der Waals surface area contributed by atoms with Crippen LogP contribution in [-0.4, -0.2) is 87.8 Å². The Hall–Kier alpha value is -4.15. The fourth-order valence-electron chi connectivity index (χ4n) is 16.6. The number of halogens is 2. The monoisotopic (exact) mass is 1660 g/mol. The van der Waals surface area contributed by atoms with Crippen LogP contribution < -0.4 is 15.1 Å². The van der Waals surface area contributed by atoms with Crippen LogP contribution in [-0.2, 0) is 44.8 Å². The average Bonchev–Trinajstić information content (AvgIpc) is 1.36. The van der Waals surface area contributed by atoms with Crippen molar-refractivity contribution in [3.05, 3.63) is 179 Å². The Kier molecular flexibility index (Phi) is 36.8. The van der Waals surface area contributed by atoms with Gasteiger partial charge in [0.2, 0.25) is 0 Å². The molecule has 8 nitrogen and oxygen atoms in total. The van der Waals surface area contributed by atoms with Gasteiger partial charge in [-0.05, 0) is 166 Å². The summed E-state index contributed by atoms with van der Waals surface area (Å²) in [5.74, 6) is -1.67. The number of pyridine rings is 2. The van der Waals surface area contributed by atoms with Gasteiger partial charge in [-0.3, -0.25) is 9.59 Å². The molecule has 2 unspecified atom stereocenters. The van der Waals surface area contributed by atoms with E-state index < -0.39 is 28.1 Å². The number of aromatic nitrogens is 2. The predicted octanol–water partition coefficient (Wildman–Crippen LogP) is 24.8. The molecule has 2 N–H and O–H groups in total. The molecule has 15 heteroatoms. The number of hydrogen-bond donors (Lipinski definition) is 2. The van der Waals surface area contributed by atoms with Gasteiger partial charge >= 0.3 is 34.5 Å². The third-order valence-corrected chi connectivity index (χ3v) is 38.0. The molecule has 12 rings (SSSR count). The summed E-state index contributed by atoms with van der Waals surface area (Å²) in [6, 6.07) is 59.7. The molecule has 6 aromatic carbocycles. The molecule has 8 aromatic rings. The Morgan fingerprint density at radius 1 is 0.545 bits per heavy atom. The van der Waals surface area contributed by atoms with Crippen molar-refractivity contribution in [3.8, 4) is 33.6 Å². The molecule has 2 saturated carbocycles. The molecule has 2 aliphatic carbocycles. The second-order valence-electron chi connectivity index (χ2n) is 28.3. The molecule has 4 fully saturated rings. The van der Waals surface area contributed by atoms with Crippen molar-refractivity contribution in [2.45, 2.75) is 224 Å². The van der Waals surface area contributed by atoms with Gasteiger partial charge in [-0.2, -0.15) is 6.42 Å². The van der Waals surface area contributed by atoms with Crippen LogP contribution >= 0.6 is 39.3 Å². The number of carboxylic acids is 2. The first kappa shape index (κ1) is 85.5. The molecular formula is C84H115ClIN4O4PPdSi2Zn. The molecule has 0 bridgehead atoms. The van der Waals surface area contributed by atoms with E-state index in [1.165, 1.54) is 197 Å². The third kappa shape index (κ3) is 23.7. The minimum absolute atomic E-state index is 0. The summed E-state index contributed by atoms with van der Waals surface area (Å²) in [7, 11) is 6.65. The first-order valence-electron chi connectivity index (χ1n) is 36.5. The Morgan fingerprint density at radius 3 is 1.40 bits per heavy atom. The molecule has 0 amide bonds. The van der Waals surface area contributed by atoms with Gasteiger partial charge in [0.15, 0.2) is 0 Å². The van der Waals surface area contributed by atoms with Crippen molar-refractivity contribution in [1.29, 1.82) is 0 Å². The number of aliphatic carboxylic acids is 2. The summed E-state index contributed by atoms with van der Waals surface area (Å²) in [6.45, 7) is 24.5. The number of rotatable bonds is 14. The van der Waals surface area contributed by atoms with Crippen LogP contribution in [0.3, 0.4) is 0 Å². The van der Waals surface area contributed by atoms with E-state index >= 15 is 0 Å². The zero-order valence-electron chi connectivity index (χ0n) is 62.4.